The lowest BCUT2D eigenvalue weighted by molar-refractivity contribution is -0.133. The Morgan fingerprint density at radius 3 is 2.46 bits per heavy atom. The molecule has 3 rings (SSSR count). The van der Waals surface area contributed by atoms with Crippen LogP contribution in [0.15, 0.2) is 35.7 Å². The van der Waals surface area contributed by atoms with Crippen LogP contribution in [0, 0.1) is 5.41 Å². The minimum absolute atomic E-state index is 0.259. The lowest BCUT2D eigenvalue weighted by atomic mass is 9.96. The molecule has 2 heterocycles. The van der Waals surface area contributed by atoms with Gasteiger partial charge in [0.05, 0.1) is 5.69 Å². The topological polar surface area (TPSA) is 36.4 Å². The predicted octanol–water partition coefficient (Wildman–Crippen LogP) is 3.93. The van der Waals surface area contributed by atoms with Gasteiger partial charge < -0.3 is 4.90 Å². The van der Waals surface area contributed by atoms with Gasteiger partial charge in [-0.2, -0.15) is 0 Å². The molecular weight excluding hydrogens is 342 g/mol. The summed E-state index contributed by atoms with van der Waals surface area (Å²) in [7, 11) is 0. The highest BCUT2D eigenvalue weighted by Gasteiger charge is 2.24. The Kier molecular flexibility index (Phi) is 6.09. The number of hydrogen-bond acceptors (Lipinski definition) is 4. The molecule has 0 spiro atoms. The summed E-state index contributed by atoms with van der Waals surface area (Å²) in [5, 5.41) is 3.11. The normalized spacial score (nSPS) is 16.0. The van der Waals surface area contributed by atoms with Crippen molar-refractivity contribution >= 4 is 17.2 Å². The van der Waals surface area contributed by atoms with Gasteiger partial charge in [-0.25, -0.2) is 4.98 Å². The second-order valence-electron chi connectivity index (χ2n) is 8.23. The summed E-state index contributed by atoms with van der Waals surface area (Å²) in [6.45, 7) is 11.6. The summed E-state index contributed by atoms with van der Waals surface area (Å²) in [6.07, 6.45) is 1.28. The zero-order valence-electron chi connectivity index (χ0n) is 16.1. The molecule has 1 amide bonds. The maximum Gasteiger partial charge on any atom is 0.223 e. The van der Waals surface area contributed by atoms with Crippen LogP contribution in [0.1, 0.15) is 32.9 Å². The highest BCUT2D eigenvalue weighted by atomic mass is 32.1. The van der Waals surface area contributed by atoms with E-state index in [0.717, 1.165) is 55.4 Å². The van der Waals surface area contributed by atoms with E-state index in [0.29, 0.717) is 11.8 Å². The van der Waals surface area contributed by atoms with Crippen molar-refractivity contribution in [1.82, 2.24) is 14.8 Å². The lowest BCUT2D eigenvalue weighted by Crippen LogP contribution is -2.50. The fraction of sp³-hybridized carbons (Fsp3) is 0.524. The molecule has 0 saturated carbocycles. The van der Waals surface area contributed by atoms with E-state index in [1.165, 1.54) is 0 Å². The van der Waals surface area contributed by atoms with Gasteiger partial charge in [0, 0.05) is 50.1 Å². The molecule has 4 nitrogen and oxygen atoms in total. The number of nitrogens with zero attached hydrogens (tertiary/aromatic N) is 3. The smallest absolute Gasteiger partial charge is 0.223 e. The average Bonchev–Trinajstić information content (AvgIpc) is 3.09. The number of rotatable bonds is 5. The van der Waals surface area contributed by atoms with Gasteiger partial charge in [-0.15, -0.1) is 11.3 Å². The summed E-state index contributed by atoms with van der Waals surface area (Å²) >= 11 is 1.65. The van der Waals surface area contributed by atoms with E-state index in [-0.39, 0.29) is 5.91 Å². The molecule has 2 aromatic rings. The van der Waals surface area contributed by atoms with Crippen LogP contribution in [0.25, 0.3) is 10.6 Å². The van der Waals surface area contributed by atoms with E-state index in [2.05, 4.69) is 48.2 Å². The van der Waals surface area contributed by atoms with Gasteiger partial charge in [-0.05, 0) is 11.8 Å². The van der Waals surface area contributed by atoms with E-state index in [1.807, 2.05) is 23.1 Å². The van der Waals surface area contributed by atoms with E-state index in [9.17, 15) is 4.79 Å². The quantitative estimate of drug-likeness (QED) is 0.799. The van der Waals surface area contributed by atoms with Crippen LogP contribution in [0.3, 0.4) is 0 Å². The van der Waals surface area contributed by atoms with Crippen molar-refractivity contribution in [2.45, 2.75) is 33.6 Å². The van der Waals surface area contributed by atoms with Gasteiger partial charge in [-0.3, -0.25) is 9.69 Å². The number of carbonyl (C=O) groups is 1. The van der Waals surface area contributed by atoms with Crippen molar-refractivity contribution in [3.8, 4) is 10.6 Å². The number of thiazole rings is 1. The number of hydrogen-bond donors (Lipinski definition) is 0. The fourth-order valence-electron chi connectivity index (χ4n) is 3.35. The molecule has 1 aliphatic rings. The van der Waals surface area contributed by atoms with E-state index in [1.54, 1.807) is 11.3 Å². The van der Waals surface area contributed by atoms with Gasteiger partial charge >= 0.3 is 0 Å². The van der Waals surface area contributed by atoms with Gasteiger partial charge in [0.1, 0.15) is 5.01 Å². The number of aryl methyl sites for hydroxylation is 1. The molecule has 26 heavy (non-hydrogen) atoms. The lowest BCUT2D eigenvalue weighted by Gasteiger charge is -2.37. The number of aromatic nitrogens is 1. The summed E-state index contributed by atoms with van der Waals surface area (Å²) in [5.74, 6) is 0.259. The second kappa shape index (κ2) is 8.31. The summed E-state index contributed by atoms with van der Waals surface area (Å²) < 4.78 is 0. The van der Waals surface area contributed by atoms with Gasteiger partial charge in [0.15, 0.2) is 0 Å². The molecule has 5 heteroatoms. The van der Waals surface area contributed by atoms with E-state index in [4.69, 9.17) is 0 Å². The molecule has 0 radical (unpaired) electrons. The molecule has 1 saturated heterocycles. The third-order valence-electron chi connectivity index (χ3n) is 4.59. The monoisotopic (exact) mass is 371 g/mol. The minimum Gasteiger partial charge on any atom is -0.340 e. The molecule has 1 aliphatic heterocycles. The highest BCUT2D eigenvalue weighted by molar-refractivity contribution is 7.13. The minimum atomic E-state index is 0.259. The van der Waals surface area contributed by atoms with E-state index >= 15 is 0 Å². The van der Waals surface area contributed by atoms with Crippen LogP contribution < -0.4 is 0 Å². The first-order valence-corrected chi connectivity index (χ1v) is 10.3. The zero-order valence-corrected chi connectivity index (χ0v) is 16.9. The molecule has 1 fully saturated rings. The van der Waals surface area contributed by atoms with Crippen molar-refractivity contribution in [2.24, 2.45) is 5.41 Å². The molecule has 0 atom stereocenters. The van der Waals surface area contributed by atoms with Crippen molar-refractivity contribution < 1.29 is 4.79 Å². The summed E-state index contributed by atoms with van der Waals surface area (Å²) in [6, 6.07) is 10.2. The Hall–Kier alpha value is -1.72. The molecular formula is C21H29N3OS. The summed E-state index contributed by atoms with van der Waals surface area (Å²) in [5.41, 5.74) is 2.48. The maximum absolute atomic E-state index is 12.5. The summed E-state index contributed by atoms with van der Waals surface area (Å²) in [4.78, 5) is 21.7. The standard InChI is InChI=1S/C21H29N3OS/c1-21(2,3)16-23-11-13-24(14-12-23)19(25)10-9-18-15-26-20(22-18)17-7-5-4-6-8-17/h4-8,15H,9-14,16H2,1-3H3. The highest BCUT2D eigenvalue weighted by Crippen LogP contribution is 2.24. The predicted molar refractivity (Wildman–Crippen MR) is 108 cm³/mol. The van der Waals surface area contributed by atoms with Gasteiger partial charge in [0.25, 0.3) is 0 Å². The number of benzene rings is 1. The Labute approximate surface area is 160 Å². The largest absolute Gasteiger partial charge is 0.340 e. The van der Waals surface area contributed by atoms with Crippen LogP contribution in [0.2, 0.25) is 0 Å². The van der Waals surface area contributed by atoms with Crippen LogP contribution >= 0.6 is 11.3 Å². The first-order chi connectivity index (χ1) is 12.4. The molecule has 0 bridgehead atoms. The molecule has 0 unspecified atom stereocenters. The van der Waals surface area contributed by atoms with Crippen molar-refractivity contribution in [2.75, 3.05) is 32.7 Å². The fourth-order valence-corrected chi connectivity index (χ4v) is 4.21. The van der Waals surface area contributed by atoms with Gasteiger partial charge in [0.2, 0.25) is 5.91 Å². The SMILES string of the molecule is CC(C)(C)CN1CCN(C(=O)CCc2csc(-c3ccccc3)n2)CC1. The third kappa shape index (κ3) is 5.39. The number of piperazine rings is 1. The molecule has 0 N–H and O–H groups in total. The molecule has 1 aromatic heterocycles. The Balaban J connectivity index is 1.46. The molecule has 140 valence electrons. The van der Waals surface area contributed by atoms with Crippen LogP contribution in [0.5, 0.6) is 0 Å². The van der Waals surface area contributed by atoms with E-state index < -0.39 is 0 Å². The average molecular weight is 372 g/mol. The Morgan fingerprint density at radius 2 is 1.81 bits per heavy atom. The van der Waals surface area contributed by atoms with Crippen LogP contribution in [0.4, 0.5) is 0 Å². The van der Waals surface area contributed by atoms with Crippen LogP contribution in [-0.2, 0) is 11.2 Å². The third-order valence-corrected chi connectivity index (χ3v) is 5.53. The van der Waals surface area contributed by atoms with Crippen molar-refractivity contribution in [3.05, 3.63) is 41.4 Å². The molecule has 0 aliphatic carbocycles. The van der Waals surface area contributed by atoms with Crippen molar-refractivity contribution in [1.29, 1.82) is 0 Å². The second-order valence-corrected chi connectivity index (χ2v) is 9.09. The first kappa shape index (κ1) is 19.1. The van der Waals surface area contributed by atoms with Crippen LogP contribution in [-0.4, -0.2) is 53.4 Å². The Bertz CT molecular complexity index is 712. The Morgan fingerprint density at radius 1 is 1.12 bits per heavy atom. The zero-order chi connectivity index (χ0) is 18.6. The van der Waals surface area contributed by atoms with Crippen molar-refractivity contribution in [3.63, 3.8) is 0 Å². The maximum atomic E-state index is 12.5. The first-order valence-electron chi connectivity index (χ1n) is 9.41. The van der Waals surface area contributed by atoms with Gasteiger partial charge in [-0.1, -0.05) is 51.1 Å². The number of amides is 1. The molecule has 1 aromatic carbocycles. The number of carbonyl (C=O) groups excluding carboxylic acids is 1.